The maximum absolute atomic E-state index is 11.2. The summed E-state index contributed by atoms with van der Waals surface area (Å²) in [6.07, 6.45) is 2.34. The van der Waals surface area contributed by atoms with Crippen molar-refractivity contribution in [3.63, 3.8) is 0 Å². The summed E-state index contributed by atoms with van der Waals surface area (Å²) in [5, 5.41) is 16.9. The fraction of sp³-hybridized carbons (Fsp3) is 0.583. The van der Waals surface area contributed by atoms with Gasteiger partial charge in [-0.2, -0.15) is 5.10 Å². The zero-order chi connectivity index (χ0) is 13.5. The second-order valence-corrected chi connectivity index (χ2v) is 4.36. The summed E-state index contributed by atoms with van der Waals surface area (Å²) in [4.78, 5) is 15.2. The minimum absolute atomic E-state index is 0.206. The largest absolute Gasteiger partial charge is 0.478 e. The van der Waals surface area contributed by atoms with Crippen molar-refractivity contribution in [1.82, 2.24) is 15.1 Å². The zero-order valence-electron chi connectivity index (χ0n) is 11.1. The zero-order valence-corrected chi connectivity index (χ0v) is 11.1. The Bertz CT molecular complexity index is 395. The van der Waals surface area contributed by atoms with Gasteiger partial charge in [0.2, 0.25) is 0 Å². The molecule has 100 valence electrons. The van der Waals surface area contributed by atoms with Crippen LogP contribution in [0.25, 0.3) is 0 Å². The predicted molar refractivity (Wildman–Crippen MR) is 70.0 cm³/mol. The summed E-state index contributed by atoms with van der Waals surface area (Å²) in [6.45, 7) is 4.40. The van der Waals surface area contributed by atoms with Crippen LogP contribution in [-0.2, 0) is 0 Å². The standard InChI is InChI=1S/C12H20N4O2/c1-4-7-16(9-8-15(2)3)11-10(12(17)18)5-6-13-14-11/h5-6H,4,7-9H2,1-3H3,(H,17,18). The number of carbonyl (C=O) groups is 1. The van der Waals surface area contributed by atoms with E-state index in [9.17, 15) is 4.79 Å². The molecule has 0 unspecified atom stereocenters. The van der Waals surface area contributed by atoms with Crippen molar-refractivity contribution in [1.29, 1.82) is 0 Å². The number of aromatic nitrogens is 2. The fourth-order valence-electron chi connectivity index (χ4n) is 1.64. The molecule has 1 aromatic rings. The van der Waals surface area contributed by atoms with Gasteiger partial charge in [-0.3, -0.25) is 0 Å². The monoisotopic (exact) mass is 252 g/mol. The number of anilines is 1. The van der Waals surface area contributed by atoms with E-state index in [1.165, 1.54) is 12.3 Å². The number of carboxylic acids is 1. The van der Waals surface area contributed by atoms with E-state index >= 15 is 0 Å². The highest BCUT2D eigenvalue weighted by molar-refractivity contribution is 5.93. The quantitative estimate of drug-likeness (QED) is 0.779. The molecule has 1 N–H and O–H groups in total. The van der Waals surface area contributed by atoms with Crippen LogP contribution in [0.1, 0.15) is 23.7 Å². The van der Waals surface area contributed by atoms with Crippen LogP contribution in [0.3, 0.4) is 0 Å². The van der Waals surface area contributed by atoms with E-state index in [1.54, 1.807) is 0 Å². The lowest BCUT2D eigenvalue weighted by Crippen LogP contribution is -2.34. The average molecular weight is 252 g/mol. The molecule has 18 heavy (non-hydrogen) atoms. The van der Waals surface area contributed by atoms with E-state index < -0.39 is 5.97 Å². The number of likely N-dealkylation sites (N-methyl/N-ethyl adjacent to an activating group) is 1. The van der Waals surface area contributed by atoms with Crippen LogP contribution in [0.15, 0.2) is 12.3 Å². The third-order valence-electron chi connectivity index (χ3n) is 2.54. The van der Waals surface area contributed by atoms with Crippen LogP contribution >= 0.6 is 0 Å². The maximum Gasteiger partial charge on any atom is 0.339 e. The summed E-state index contributed by atoms with van der Waals surface area (Å²) in [7, 11) is 3.97. The molecule has 0 aliphatic carbocycles. The molecule has 6 nitrogen and oxygen atoms in total. The molecule has 0 aromatic carbocycles. The first-order chi connectivity index (χ1) is 8.56. The van der Waals surface area contributed by atoms with Crippen molar-refractivity contribution in [2.45, 2.75) is 13.3 Å². The van der Waals surface area contributed by atoms with Crippen molar-refractivity contribution in [3.8, 4) is 0 Å². The van der Waals surface area contributed by atoms with Gasteiger partial charge < -0.3 is 14.9 Å². The van der Waals surface area contributed by atoms with E-state index in [1.807, 2.05) is 19.0 Å². The summed E-state index contributed by atoms with van der Waals surface area (Å²) in [5.41, 5.74) is 0.206. The van der Waals surface area contributed by atoms with Gasteiger partial charge in [-0.05, 0) is 26.6 Å². The van der Waals surface area contributed by atoms with Gasteiger partial charge in [-0.15, -0.1) is 5.10 Å². The van der Waals surface area contributed by atoms with Gasteiger partial charge in [0.1, 0.15) is 5.56 Å². The Labute approximate surface area is 107 Å². The normalized spacial score (nSPS) is 10.7. The lowest BCUT2D eigenvalue weighted by Gasteiger charge is -2.25. The average Bonchev–Trinajstić information content (AvgIpc) is 2.34. The lowest BCUT2D eigenvalue weighted by molar-refractivity contribution is 0.0697. The summed E-state index contributed by atoms with van der Waals surface area (Å²) in [6, 6.07) is 1.49. The lowest BCUT2D eigenvalue weighted by atomic mass is 10.2. The summed E-state index contributed by atoms with van der Waals surface area (Å²) < 4.78 is 0. The first-order valence-corrected chi connectivity index (χ1v) is 6.01. The Balaban J connectivity index is 2.93. The highest BCUT2D eigenvalue weighted by atomic mass is 16.4. The molecule has 1 heterocycles. The Morgan fingerprint density at radius 2 is 2.06 bits per heavy atom. The number of aromatic carboxylic acids is 1. The van der Waals surface area contributed by atoms with Gasteiger partial charge in [0, 0.05) is 19.6 Å². The molecular weight excluding hydrogens is 232 g/mol. The van der Waals surface area contributed by atoms with E-state index in [-0.39, 0.29) is 5.56 Å². The van der Waals surface area contributed by atoms with Gasteiger partial charge in [-0.25, -0.2) is 4.79 Å². The Hall–Kier alpha value is -1.69. The molecule has 1 rings (SSSR count). The van der Waals surface area contributed by atoms with Crippen LogP contribution in [0.4, 0.5) is 5.82 Å². The summed E-state index contributed by atoms with van der Waals surface area (Å²) >= 11 is 0. The molecule has 6 heteroatoms. The van der Waals surface area contributed by atoms with Crippen LogP contribution in [-0.4, -0.2) is 59.9 Å². The van der Waals surface area contributed by atoms with Crippen molar-refractivity contribution in [3.05, 3.63) is 17.8 Å². The first kappa shape index (κ1) is 14.4. The van der Waals surface area contributed by atoms with E-state index in [0.29, 0.717) is 5.82 Å². The van der Waals surface area contributed by atoms with Gasteiger partial charge in [0.25, 0.3) is 0 Å². The van der Waals surface area contributed by atoms with Crippen molar-refractivity contribution in [2.24, 2.45) is 0 Å². The summed E-state index contributed by atoms with van der Waals surface area (Å²) in [5.74, 6) is -0.514. The molecule has 0 amide bonds. The molecule has 0 saturated carbocycles. The minimum Gasteiger partial charge on any atom is -0.478 e. The molecule has 0 aliphatic heterocycles. The molecule has 0 aliphatic rings. The minimum atomic E-state index is -0.967. The third-order valence-corrected chi connectivity index (χ3v) is 2.54. The number of nitrogens with zero attached hydrogens (tertiary/aromatic N) is 4. The van der Waals surface area contributed by atoms with Crippen molar-refractivity contribution >= 4 is 11.8 Å². The first-order valence-electron chi connectivity index (χ1n) is 6.01. The van der Waals surface area contributed by atoms with Gasteiger partial charge >= 0.3 is 5.97 Å². The molecule has 1 aromatic heterocycles. The Kier molecular flexibility index (Phi) is 5.51. The van der Waals surface area contributed by atoms with Crippen molar-refractivity contribution in [2.75, 3.05) is 38.6 Å². The molecule has 0 bridgehead atoms. The van der Waals surface area contributed by atoms with E-state index in [2.05, 4.69) is 22.0 Å². The van der Waals surface area contributed by atoms with Crippen LogP contribution in [0, 0.1) is 0 Å². The van der Waals surface area contributed by atoms with Crippen LogP contribution in [0.2, 0.25) is 0 Å². The topological polar surface area (TPSA) is 69.6 Å². The van der Waals surface area contributed by atoms with Gasteiger partial charge in [0.15, 0.2) is 5.82 Å². The molecular formula is C12H20N4O2. The fourth-order valence-corrected chi connectivity index (χ4v) is 1.64. The van der Waals surface area contributed by atoms with Crippen LogP contribution in [0.5, 0.6) is 0 Å². The second-order valence-electron chi connectivity index (χ2n) is 4.36. The predicted octanol–water partition coefficient (Wildman–Crippen LogP) is 0.953. The maximum atomic E-state index is 11.2. The molecule has 0 atom stereocenters. The second kappa shape index (κ2) is 6.90. The highest BCUT2D eigenvalue weighted by Gasteiger charge is 2.17. The smallest absolute Gasteiger partial charge is 0.339 e. The van der Waals surface area contributed by atoms with E-state index in [4.69, 9.17) is 5.11 Å². The van der Waals surface area contributed by atoms with Crippen LogP contribution < -0.4 is 4.90 Å². The van der Waals surface area contributed by atoms with E-state index in [0.717, 1.165) is 26.1 Å². The Morgan fingerprint density at radius 3 is 2.61 bits per heavy atom. The van der Waals surface area contributed by atoms with Crippen molar-refractivity contribution < 1.29 is 9.90 Å². The highest BCUT2D eigenvalue weighted by Crippen LogP contribution is 2.16. The Morgan fingerprint density at radius 1 is 1.33 bits per heavy atom. The van der Waals surface area contributed by atoms with Gasteiger partial charge in [0.05, 0.1) is 6.20 Å². The number of hydrogen-bond acceptors (Lipinski definition) is 5. The molecule has 0 spiro atoms. The molecule has 0 saturated heterocycles. The van der Waals surface area contributed by atoms with Gasteiger partial charge in [-0.1, -0.05) is 6.92 Å². The third kappa shape index (κ3) is 3.96. The molecule has 0 radical (unpaired) electrons. The SMILES string of the molecule is CCCN(CCN(C)C)c1nnccc1C(=O)O. The number of hydrogen-bond donors (Lipinski definition) is 1. The number of rotatable bonds is 7. The number of carboxylic acid groups (broad SMARTS) is 1. The molecule has 0 fully saturated rings.